The minimum Gasteiger partial charge on any atom is -0.368 e. The largest absolute Gasteiger partial charge is 0.368 e. The van der Waals surface area contributed by atoms with E-state index < -0.39 is 5.60 Å². The fourth-order valence-electron chi connectivity index (χ4n) is 3.19. The highest BCUT2D eigenvalue weighted by atomic mass is 35.5. The molecule has 132 valence electrons. The number of piperidine rings is 1. The molecule has 1 aliphatic rings. The number of amides is 1. The SMILES string of the molecule is COC1(C(=O)NCCc2c[nH]c3cc(F)ccc23)CCNCC1.Cl. The van der Waals surface area contributed by atoms with E-state index in [1.807, 2.05) is 6.20 Å². The Balaban J connectivity index is 0.00000208. The number of nitrogens with one attached hydrogen (secondary N) is 3. The van der Waals surface area contributed by atoms with E-state index in [-0.39, 0.29) is 24.1 Å². The predicted molar refractivity (Wildman–Crippen MR) is 94.1 cm³/mol. The molecule has 0 unspecified atom stereocenters. The fourth-order valence-corrected chi connectivity index (χ4v) is 3.19. The van der Waals surface area contributed by atoms with Gasteiger partial charge in [-0.1, -0.05) is 0 Å². The lowest BCUT2D eigenvalue weighted by Gasteiger charge is -2.34. The molecule has 2 aromatic rings. The number of benzene rings is 1. The third-order valence-corrected chi connectivity index (χ3v) is 4.63. The fraction of sp³-hybridized carbons (Fsp3) is 0.471. The third-order valence-electron chi connectivity index (χ3n) is 4.63. The second kappa shape index (κ2) is 7.96. The van der Waals surface area contributed by atoms with Crippen LogP contribution in [0, 0.1) is 5.82 Å². The zero-order chi connectivity index (χ0) is 16.3. The summed E-state index contributed by atoms with van der Waals surface area (Å²) in [6.07, 6.45) is 3.92. The summed E-state index contributed by atoms with van der Waals surface area (Å²) in [6, 6.07) is 4.70. The first-order chi connectivity index (χ1) is 11.1. The predicted octanol–water partition coefficient (Wildman–Crippen LogP) is 2.16. The van der Waals surface area contributed by atoms with Gasteiger partial charge in [0.15, 0.2) is 0 Å². The molecular weight excluding hydrogens is 333 g/mol. The first-order valence-corrected chi connectivity index (χ1v) is 7.94. The van der Waals surface area contributed by atoms with Crippen LogP contribution in [0.2, 0.25) is 0 Å². The number of rotatable bonds is 5. The Hall–Kier alpha value is -1.63. The number of carbonyl (C=O) groups is 1. The maximum absolute atomic E-state index is 13.2. The zero-order valence-electron chi connectivity index (χ0n) is 13.7. The number of methoxy groups -OCH3 is 1. The van der Waals surface area contributed by atoms with E-state index in [9.17, 15) is 9.18 Å². The summed E-state index contributed by atoms with van der Waals surface area (Å²) in [4.78, 5) is 15.5. The van der Waals surface area contributed by atoms with Crippen molar-refractivity contribution in [3.63, 3.8) is 0 Å². The van der Waals surface area contributed by atoms with E-state index in [1.54, 1.807) is 13.2 Å². The minimum absolute atomic E-state index is 0. The maximum Gasteiger partial charge on any atom is 0.252 e. The van der Waals surface area contributed by atoms with Gasteiger partial charge in [0.2, 0.25) is 0 Å². The molecule has 0 bridgehead atoms. The molecule has 0 atom stereocenters. The van der Waals surface area contributed by atoms with Crippen molar-refractivity contribution >= 4 is 29.2 Å². The average molecular weight is 356 g/mol. The smallest absolute Gasteiger partial charge is 0.252 e. The molecule has 1 amide bonds. The first-order valence-electron chi connectivity index (χ1n) is 7.94. The quantitative estimate of drug-likeness (QED) is 0.770. The molecule has 0 saturated carbocycles. The molecule has 1 aromatic heterocycles. The van der Waals surface area contributed by atoms with Crippen LogP contribution in [0.4, 0.5) is 4.39 Å². The topological polar surface area (TPSA) is 66.1 Å². The number of halogens is 2. The van der Waals surface area contributed by atoms with Crippen molar-refractivity contribution in [2.45, 2.75) is 24.9 Å². The Morgan fingerprint density at radius 2 is 2.12 bits per heavy atom. The van der Waals surface area contributed by atoms with Crippen LogP contribution < -0.4 is 10.6 Å². The second-order valence-corrected chi connectivity index (χ2v) is 5.96. The zero-order valence-corrected chi connectivity index (χ0v) is 14.5. The molecular formula is C17H23ClFN3O2. The van der Waals surface area contributed by atoms with E-state index in [0.29, 0.717) is 25.8 Å². The molecule has 1 aliphatic heterocycles. The molecule has 1 aromatic carbocycles. The van der Waals surface area contributed by atoms with Crippen molar-refractivity contribution in [3.05, 3.63) is 35.8 Å². The molecule has 24 heavy (non-hydrogen) atoms. The van der Waals surface area contributed by atoms with E-state index in [4.69, 9.17) is 4.74 Å². The highest BCUT2D eigenvalue weighted by molar-refractivity contribution is 5.86. The van der Waals surface area contributed by atoms with Crippen LogP contribution in [0.5, 0.6) is 0 Å². The molecule has 1 saturated heterocycles. The van der Waals surface area contributed by atoms with E-state index in [1.165, 1.54) is 12.1 Å². The number of H-pyrrole nitrogens is 1. The van der Waals surface area contributed by atoms with Gasteiger partial charge in [0, 0.05) is 30.8 Å². The van der Waals surface area contributed by atoms with E-state index in [2.05, 4.69) is 15.6 Å². The summed E-state index contributed by atoms with van der Waals surface area (Å²) in [5.74, 6) is -0.306. The number of fused-ring (bicyclic) bond motifs is 1. The Bertz CT molecular complexity index is 698. The Morgan fingerprint density at radius 1 is 1.38 bits per heavy atom. The van der Waals surface area contributed by atoms with Gasteiger partial charge in [-0.05, 0) is 56.1 Å². The van der Waals surface area contributed by atoms with Crippen molar-refractivity contribution in [3.8, 4) is 0 Å². The highest BCUT2D eigenvalue weighted by Crippen LogP contribution is 2.23. The van der Waals surface area contributed by atoms with Crippen LogP contribution >= 0.6 is 12.4 Å². The average Bonchev–Trinajstić information content (AvgIpc) is 2.97. The lowest BCUT2D eigenvalue weighted by Crippen LogP contribution is -2.54. The molecule has 0 spiro atoms. The van der Waals surface area contributed by atoms with Gasteiger partial charge in [-0.3, -0.25) is 4.79 Å². The Morgan fingerprint density at radius 3 is 2.83 bits per heavy atom. The number of aromatic amines is 1. The molecule has 3 rings (SSSR count). The normalized spacial score (nSPS) is 16.6. The van der Waals surface area contributed by atoms with E-state index >= 15 is 0 Å². The summed E-state index contributed by atoms with van der Waals surface area (Å²) in [6.45, 7) is 2.10. The van der Waals surface area contributed by atoms with Crippen LogP contribution in [-0.4, -0.2) is 43.2 Å². The number of ether oxygens (including phenoxy) is 1. The minimum atomic E-state index is -0.714. The number of carbonyl (C=O) groups excluding carboxylic acids is 1. The summed E-state index contributed by atoms with van der Waals surface area (Å²) < 4.78 is 18.7. The van der Waals surface area contributed by atoms with Crippen molar-refractivity contribution in [1.82, 2.24) is 15.6 Å². The second-order valence-electron chi connectivity index (χ2n) is 5.96. The molecule has 7 heteroatoms. The van der Waals surface area contributed by atoms with Gasteiger partial charge >= 0.3 is 0 Å². The van der Waals surface area contributed by atoms with Crippen LogP contribution in [0.1, 0.15) is 18.4 Å². The van der Waals surface area contributed by atoms with Gasteiger partial charge in [-0.15, -0.1) is 12.4 Å². The summed E-state index contributed by atoms with van der Waals surface area (Å²) in [7, 11) is 1.60. The molecule has 0 aliphatic carbocycles. The Labute approximate surface area is 146 Å². The van der Waals surface area contributed by atoms with Crippen LogP contribution in [0.25, 0.3) is 10.9 Å². The third kappa shape index (κ3) is 3.71. The summed E-state index contributed by atoms with van der Waals surface area (Å²) in [5.41, 5.74) is 1.13. The van der Waals surface area contributed by atoms with Gasteiger partial charge in [0.05, 0.1) is 0 Å². The van der Waals surface area contributed by atoms with Crippen molar-refractivity contribution < 1.29 is 13.9 Å². The molecule has 3 N–H and O–H groups in total. The summed E-state index contributed by atoms with van der Waals surface area (Å²) in [5, 5.41) is 7.21. The van der Waals surface area contributed by atoms with Crippen molar-refractivity contribution in [1.29, 1.82) is 0 Å². The van der Waals surface area contributed by atoms with Crippen molar-refractivity contribution in [2.24, 2.45) is 0 Å². The standard InChI is InChI=1S/C17H22FN3O2.ClH/c1-23-17(5-8-19-9-6-17)16(22)20-7-4-12-11-21-15-10-13(18)2-3-14(12)15;/h2-3,10-11,19,21H,4-9H2,1H3,(H,20,22);1H. The number of hydrogen-bond acceptors (Lipinski definition) is 3. The molecule has 2 heterocycles. The van der Waals surface area contributed by atoms with Crippen molar-refractivity contribution in [2.75, 3.05) is 26.7 Å². The molecule has 1 fully saturated rings. The van der Waals surface area contributed by atoms with Gasteiger partial charge < -0.3 is 20.4 Å². The lowest BCUT2D eigenvalue weighted by molar-refractivity contribution is -0.146. The van der Waals surface area contributed by atoms with Crippen LogP contribution in [-0.2, 0) is 16.0 Å². The monoisotopic (exact) mass is 355 g/mol. The van der Waals surface area contributed by atoms with Crippen LogP contribution in [0.3, 0.4) is 0 Å². The number of aromatic nitrogens is 1. The van der Waals surface area contributed by atoms with Gasteiger partial charge in [-0.25, -0.2) is 4.39 Å². The highest BCUT2D eigenvalue weighted by Gasteiger charge is 2.39. The molecule has 5 nitrogen and oxygen atoms in total. The summed E-state index contributed by atoms with van der Waals surface area (Å²) >= 11 is 0. The van der Waals surface area contributed by atoms with Gasteiger partial charge in [0.1, 0.15) is 11.4 Å². The maximum atomic E-state index is 13.2. The van der Waals surface area contributed by atoms with Gasteiger partial charge in [-0.2, -0.15) is 0 Å². The van der Waals surface area contributed by atoms with Crippen LogP contribution in [0.15, 0.2) is 24.4 Å². The molecule has 0 radical (unpaired) electrons. The Kier molecular flexibility index (Phi) is 6.21. The first kappa shape index (κ1) is 18.7. The van der Waals surface area contributed by atoms with E-state index in [0.717, 1.165) is 29.6 Å². The van der Waals surface area contributed by atoms with Gasteiger partial charge in [0.25, 0.3) is 5.91 Å². The number of hydrogen-bond donors (Lipinski definition) is 3. The lowest BCUT2D eigenvalue weighted by atomic mass is 9.91.